The molecule has 3 rings (SSSR count). The van der Waals surface area contributed by atoms with Crippen LogP contribution in [0.1, 0.15) is 33.5 Å². The molecule has 0 unspecified atom stereocenters. The molecule has 0 atom stereocenters. The molecule has 5 nitrogen and oxygen atoms in total. The molecular weight excluding hydrogens is 298 g/mol. The van der Waals surface area contributed by atoms with Crippen molar-refractivity contribution in [2.45, 2.75) is 26.8 Å². The molecule has 0 saturated heterocycles. The van der Waals surface area contributed by atoms with E-state index in [1.165, 1.54) is 0 Å². The summed E-state index contributed by atoms with van der Waals surface area (Å²) in [4.78, 5) is 29.8. The molecule has 1 N–H and O–H groups in total. The molecule has 6 heteroatoms. The summed E-state index contributed by atoms with van der Waals surface area (Å²) in [5.41, 5.74) is 3.56. The maximum Gasteiger partial charge on any atom is 0.251 e. The Kier molecular flexibility index (Phi) is 3.94. The van der Waals surface area contributed by atoms with Gasteiger partial charge in [0.25, 0.3) is 5.91 Å². The molecule has 2 aromatic rings. The highest BCUT2D eigenvalue weighted by molar-refractivity contribution is 7.09. The topological polar surface area (TPSA) is 62.3 Å². The highest BCUT2D eigenvalue weighted by atomic mass is 32.1. The van der Waals surface area contributed by atoms with Crippen molar-refractivity contribution in [3.05, 3.63) is 45.4 Å². The van der Waals surface area contributed by atoms with Crippen LogP contribution >= 0.6 is 11.3 Å². The van der Waals surface area contributed by atoms with Crippen molar-refractivity contribution in [3.8, 4) is 0 Å². The van der Waals surface area contributed by atoms with Crippen LogP contribution in [0.4, 0.5) is 5.69 Å². The zero-order valence-electron chi connectivity index (χ0n) is 12.5. The van der Waals surface area contributed by atoms with E-state index >= 15 is 0 Å². The van der Waals surface area contributed by atoms with E-state index in [2.05, 4.69) is 10.3 Å². The number of aromatic nitrogens is 1. The van der Waals surface area contributed by atoms with E-state index in [0.717, 1.165) is 28.4 Å². The maximum atomic E-state index is 12.2. The minimum Gasteiger partial charge on any atom is -0.346 e. The predicted molar refractivity (Wildman–Crippen MR) is 86.2 cm³/mol. The van der Waals surface area contributed by atoms with Crippen LogP contribution < -0.4 is 10.2 Å². The summed E-state index contributed by atoms with van der Waals surface area (Å²) >= 11 is 1.54. The second kappa shape index (κ2) is 5.88. The number of benzene rings is 1. The van der Waals surface area contributed by atoms with Gasteiger partial charge in [-0.05, 0) is 37.1 Å². The van der Waals surface area contributed by atoms with Gasteiger partial charge in [-0.3, -0.25) is 9.59 Å². The Morgan fingerprint density at radius 2 is 2.23 bits per heavy atom. The lowest BCUT2D eigenvalue weighted by atomic mass is 10.1. The monoisotopic (exact) mass is 315 g/mol. The second-order valence-electron chi connectivity index (χ2n) is 5.33. The number of thiazole rings is 1. The molecule has 1 aliphatic rings. The number of rotatable bonds is 3. The fourth-order valence-electron chi connectivity index (χ4n) is 2.61. The van der Waals surface area contributed by atoms with E-state index in [4.69, 9.17) is 0 Å². The predicted octanol–water partition coefficient (Wildman–Crippen LogP) is 2.29. The van der Waals surface area contributed by atoms with Crippen LogP contribution in [-0.2, 0) is 17.8 Å². The molecule has 114 valence electrons. The number of hydrogen-bond donors (Lipinski definition) is 1. The zero-order valence-corrected chi connectivity index (χ0v) is 13.4. The Morgan fingerprint density at radius 3 is 2.91 bits per heavy atom. The summed E-state index contributed by atoms with van der Waals surface area (Å²) in [5.74, 6) is -0.0768. The minimum absolute atomic E-state index is 0.0371. The van der Waals surface area contributed by atoms with Crippen molar-refractivity contribution in [2.75, 3.05) is 11.4 Å². The number of aryl methyl sites for hydroxylation is 1. The van der Waals surface area contributed by atoms with Crippen LogP contribution in [0.3, 0.4) is 0 Å². The van der Waals surface area contributed by atoms with E-state index in [0.29, 0.717) is 18.7 Å². The average Bonchev–Trinajstić information content (AvgIpc) is 3.09. The molecule has 0 spiro atoms. The Balaban J connectivity index is 1.70. The third-order valence-electron chi connectivity index (χ3n) is 3.68. The van der Waals surface area contributed by atoms with Gasteiger partial charge in [-0.25, -0.2) is 4.98 Å². The van der Waals surface area contributed by atoms with Crippen molar-refractivity contribution < 1.29 is 9.59 Å². The van der Waals surface area contributed by atoms with Gasteiger partial charge < -0.3 is 10.2 Å². The van der Waals surface area contributed by atoms with E-state index in [-0.39, 0.29) is 11.8 Å². The molecule has 0 radical (unpaired) electrons. The summed E-state index contributed by atoms with van der Waals surface area (Å²) in [6.45, 7) is 4.62. The number of nitrogens with zero attached hydrogens (tertiary/aromatic N) is 2. The third-order valence-corrected chi connectivity index (χ3v) is 4.65. The van der Waals surface area contributed by atoms with Crippen LogP contribution in [0, 0.1) is 6.92 Å². The van der Waals surface area contributed by atoms with Crippen LogP contribution in [-0.4, -0.2) is 23.3 Å². The van der Waals surface area contributed by atoms with Crippen molar-refractivity contribution in [1.82, 2.24) is 10.3 Å². The molecule has 0 bridgehead atoms. The fourth-order valence-corrected chi connectivity index (χ4v) is 3.32. The lowest BCUT2D eigenvalue weighted by molar-refractivity contribution is -0.116. The van der Waals surface area contributed by atoms with Crippen molar-refractivity contribution in [2.24, 2.45) is 0 Å². The smallest absolute Gasteiger partial charge is 0.251 e. The van der Waals surface area contributed by atoms with Crippen LogP contribution in [0.5, 0.6) is 0 Å². The first-order chi connectivity index (χ1) is 10.5. The van der Waals surface area contributed by atoms with Gasteiger partial charge in [-0.1, -0.05) is 0 Å². The normalized spacial score (nSPS) is 13.1. The lowest BCUT2D eigenvalue weighted by Gasteiger charge is -2.14. The Morgan fingerprint density at radius 1 is 1.41 bits per heavy atom. The summed E-state index contributed by atoms with van der Waals surface area (Å²) in [5, 5.41) is 5.75. The van der Waals surface area contributed by atoms with E-state index in [1.54, 1.807) is 29.2 Å². The number of carbonyl (C=O) groups excluding carboxylic acids is 2. The highest BCUT2D eigenvalue weighted by Crippen LogP contribution is 2.28. The van der Waals surface area contributed by atoms with Gasteiger partial charge in [0.2, 0.25) is 5.91 Å². The molecule has 22 heavy (non-hydrogen) atoms. The Hall–Kier alpha value is -2.21. The fraction of sp³-hybridized carbons (Fsp3) is 0.312. The molecule has 1 aromatic carbocycles. The van der Waals surface area contributed by atoms with Gasteiger partial charge in [-0.15, -0.1) is 11.3 Å². The standard InChI is InChI=1S/C16H17N3O2S/c1-10-9-22-15(18-10)8-17-16(21)13-3-4-14-12(7-13)5-6-19(14)11(2)20/h3-4,7,9H,5-6,8H2,1-2H3,(H,17,21). The molecular formula is C16H17N3O2S. The summed E-state index contributed by atoms with van der Waals surface area (Å²) in [6, 6.07) is 5.50. The minimum atomic E-state index is -0.114. The molecule has 1 aromatic heterocycles. The average molecular weight is 315 g/mol. The van der Waals surface area contributed by atoms with Gasteiger partial charge in [-0.2, -0.15) is 0 Å². The molecule has 0 fully saturated rings. The Labute approximate surface area is 133 Å². The molecule has 0 saturated carbocycles. The van der Waals surface area contributed by atoms with Crippen molar-refractivity contribution in [1.29, 1.82) is 0 Å². The maximum absolute atomic E-state index is 12.2. The molecule has 2 heterocycles. The van der Waals surface area contributed by atoms with Crippen molar-refractivity contribution >= 4 is 28.8 Å². The number of fused-ring (bicyclic) bond motifs is 1. The van der Waals surface area contributed by atoms with Gasteiger partial charge in [0, 0.05) is 35.8 Å². The molecule has 1 aliphatic heterocycles. The zero-order chi connectivity index (χ0) is 15.7. The van der Waals surface area contributed by atoms with Gasteiger partial charge in [0.1, 0.15) is 5.01 Å². The van der Waals surface area contributed by atoms with Gasteiger partial charge in [0.15, 0.2) is 0 Å². The Bertz CT molecular complexity index is 739. The first-order valence-electron chi connectivity index (χ1n) is 7.15. The second-order valence-corrected chi connectivity index (χ2v) is 6.27. The largest absolute Gasteiger partial charge is 0.346 e. The van der Waals surface area contributed by atoms with Crippen LogP contribution in [0.2, 0.25) is 0 Å². The number of nitrogens with one attached hydrogen (secondary N) is 1. The lowest BCUT2D eigenvalue weighted by Crippen LogP contribution is -2.26. The SMILES string of the molecule is CC(=O)N1CCc2cc(C(=O)NCc3nc(C)cs3)ccc21. The quantitative estimate of drug-likeness (QED) is 0.945. The first-order valence-corrected chi connectivity index (χ1v) is 8.03. The molecule has 0 aliphatic carbocycles. The summed E-state index contributed by atoms with van der Waals surface area (Å²) in [7, 11) is 0. The highest BCUT2D eigenvalue weighted by Gasteiger charge is 2.23. The van der Waals surface area contributed by atoms with Gasteiger partial charge in [0.05, 0.1) is 6.54 Å². The summed E-state index contributed by atoms with van der Waals surface area (Å²) < 4.78 is 0. The van der Waals surface area contributed by atoms with Crippen molar-refractivity contribution in [3.63, 3.8) is 0 Å². The number of amides is 2. The summed E-state index contributed by atoms with van der Waals surface area (Å²) in [6.07, 6.45) is 0.793. The third kappa shape index (κ3) is 2.87. The van der Waals surface area contributed by atoms with Gasteiger partial charge >= 0.3 is 0 Å². The number of carbonyl (C=O) groups is 2. The first kappa shape index (κ1) is 14.7. The number of anilines is 1. The van der Waals surface area contributed by atoms with E-state index in [9.17, 15) is 9.59 Å². The van der Waals surface area contributed by atoms with E-state index < -0.39 is 0 Å². The van der Waals surface area contributed by atoms with Crippen LogP contribution in [0.25, 0.3) is 0 Å². The van der Waals surface area contributed by atoms with Crippen LogP contribution in [0.15, 0.2) is 23.6 Å². The molecule has 2 amide bonds. The van der Waals surface area contributed by atoms with E-state index in [1.807, 2.05) is 24.4 Å². The number of hydrogen-bond acceptors (Lipinski definition) is 4.